The van der Waals surface area contributed by atoms with Crippen molar-refractivity contribution < 1.29 is 4.74 Å². The maximum absolute atomic E-state index is 5.34. The first-order chi connectivity index (χ1) is 15.4. The van der Waals surface area contributed by atoms with Crippen molar-refractivity contribution in [3.8, 4) is 16.9 Å². The fourth-order valence-electron chi connectivity index (χ4n) is 4.96. The SMILES string of the molecule is COc1ccc(C(C)n2c(C)c3c(C)nn4cc(-c5ccc(Br)cc5)cc4c3c2C)cc1. The summed E-state index contributed by atoms with van der Waals surface area (Å²) in [5.41, 5.74) is 8.31. The minimum Gasteiger partial charge on any atom is -0.497 e. The van der Waals surface area contributed by atoms with Gasteiger partial charge in [0.1, 0.15) is 5.75 Å². The molecule has 0 radical (unpaired) electrons. The summed E-state index contributed by atoms with van der Waals surface area (Å²) in [5, 5.41) is 7.44. The number of fused-ring (bicyclic) bond motifs is 3. The van der Waals surface area contributed by atoms with E-state index < -0.39 is 0 Å². The number of halogens is 1. The molecule has 1 atom stereocenters. The molecule has 0 fully saturated rings. The molecule has 0 saturated heterocycles. The fraction of sp³-hybridized carbons (Fsp3) is 0.222. The zero-order chi connectivity index (χ0) is 22.6. The third-order valence-corrected chi connectivity index (χ3v) is 7.06. The largest absolute Gasteiger partial charge is 0.497 e. The summed E-state index contributed by atoms with van der Waals surface area (Å²) in [4.78, 5) is 0. The van der Waals surface area contributed by atoms with Crippen molar-refractivity contribution in [3.05, 3.63) is 87.9 Å². The van der Waals surface area contributed by atoms with Gasteiger partial charge in [-0.3, -0.25) is 0 Å². The second-order valence-electron chi connectivity index (χ2n) is 8.39. The molecule has 0 aliphatic rings. The van der Waals surface area contributed by atoms with Crippen LogP contribution in [0.15, 0.2) is 65.3 Å². The van der Waals surface area contributed by atoms with E-state index >= 15 is 0 Å². The van der Waals surface area contributed by atoms with Crippen molar-refractivity contribution in [1.82, 2.24) is 14.2 Å². The van der Waals surface area contributed by atoms with Crippen LogP contribution in [0.2, 0.25) is 0 Å². The maximum atomic E-state index is 5.34. The van der Waals surface area contributed by atoms with Gasteiger partial charge in [0.15, 0.2) is 0 Å². The van der Waals surface area contributed by atoms with E-state index in [0.29, 0.717) is 0 Å². The molecule has 0 N–H and O–H groups in total. The van der Waals surface area contributed by atoms with E-state index in [1.165, 1.54) is 38.9 Å². The van der Waals surface area contributed by atoms with E-state index in [2.05, 4.69) is 96.9 Å². The monoisotopic (exact) mass is 487 g/mol. The summed E-state index contributed by atoms with van der Waals surface area (Å²) in [6.07, 6.45) is 2.13. The molecular weight excluding hydrogens is 462 g/mol. The molecule has 4 nitrogen and oxygen atoms in total. The minimum atomic E-state index is 0.202. The lowest BCUT2D eigenvalue weighted by molar-refractivity contribution is 0.414. The summed E-state index contributed by atoms with van der Waals surface area (Å²) < 4.78 is 10.9. The highest BCUT2D eigenvalue weighted by Crippen LogP contribution is 2.37. The van der Waals surface area contributed by atoms with Gasteiger partial charge in [0.25, 0.3) is 0 Å². The highest BCUT2D eigenvalue weighted by Gasteiger charge is 2.22. The molecule has 32 heavy (non-hydrogen) atoms. The Kier molecular flexibility index (Phi) is 5.09. The number of methoxy groups -OCH3 is 1. The number of benzene rings is 2. The molecular formula is C27H26BrN3O. The van der Waals surface area contributed by atoms with Gasteiger partial charge in [-0.05, 0) is 69.2 Å². The van der Waals surface area contributed by atoms with Crippen LogP contribution in [0, 0.1) is 20.8 Å². The Morgan fingerprint density at radius 2 is 1.53 bits per heavy atom. The second-order valence-corrected chi connectivity index (χ2v) is 9.31. The van der Waals surface area contributed by atoms with Crippen molar-refractivity contribution in [3.63, 3.8) is 0 Å². The number of hydrogen-bond donors (Lipinski definition) is 0. The van der Waals surface area contributed by atoms with Crippen LogP contribution in [-0.4, -0.2) is 21.3 Å². The molecule has 0 bridgehead atoms. The van der Waals surface area contributed by atoms with Crippen LogP contribution in [0.1, 0.15) is 35.6 Å². The lowest BCUT2D eigenvalue weighted by atomic mass is 10.1. The molecule has 5 rings (SSSR count). The van der Waals surface area contributed by atoms with Crippen LogP contribution in [0.3, 0.4) is 0 Å². The normalized spacial score (nSPS) is 12.6. The van der Waals surface area contributed by atoms with Crippen LogP contribution in [0.25, 0.3) is 27.4 Å². The van der Waals surface area contributed by atoms with E-state index in [0.717, 1.165) is 21.4 Å². The van der Waals surface area contributed by atoms with Crippen LogP contribution < -0.4 is 4.74 Å². The zero-order valence-electron chi connectivity index (χ0n) is 19.0. The standard InChI is InChI=1S/C27H26BrN3O/c1-16-26-18(3)31(17(2)20-8-12-24(32-5)13-9-20)19(4)27(26)25-14-22(15-30(25)29-16)21-6-10-23(28)11-7-21/h6-15,17H,1-5H3. The molecule has 0 spiro atoms. The van der Waals surface area contributed by atoms with Gasteiger partial charge in [0.05, 0.1) is 24.4 Å². The number of hydrogen-bond acceptors (Lipinski definition) is 2. The van der Waals surface area contributed by atoms with E-state index in [1.54, 1.807) is 7.11 Å². The Balaban J connectivity index is 1.71. The van der Waals surface area contributed by atoms with Crippen molar-refractivity contribution in [2.75, 3.05) is 7.11 Å². The Morgan fingerprint density at radius 1 is 0.875 bits per heavy atom. The molecule has 162 valence electrons. The summed E-state index contributed by atoms with van der Waals surface area (Å²) >= 11 is 3.53. The predicted molar refractivity (Wildman–Crippen MR) is 135 cm³/mol. The third kappa shape index (κ3) is 3.23. The Morgan fingerprint density at radius 3 is 2.19 bits per heavy atom. The molecule has 3 heterocycles. The average Bonchev–Trinajstić information content (AvgIpc) is 3.32. The number of nitrogens with zero attached hydrogens (tertiary/aromatic N) is 3. The summed E-state index contributed by atoms with van der Waals surface area (Å²) in [7, 11) is 1.70. The Labute approximate surface area is 196 Å². The van der Waals surface area contributed by atoms with Crippen LogP contribution in [0.5, 0.6) is 5.75 Å². The summed E-state index contributed by atoms with van der Waals surface area (Å²) in [5.74, 6) is 0.877. The molecule has 0 amide bonds. The topological polar surface area (TPSA) is 31.5 Å². The van der Waals surface area contributed by atoms with Crippen molar-refractivity contribution in [1.29, 1.82) is 0 Å². The van der Waals surface area contributed by atoms with Gasteiger partial charge in [0, 0.05) is 38.4 Å². The minimum absolute atomic E-state index is 0.202. The van der Waals surface area contributed by atoms with Gasteiger partial charge in [-0.15, -0.1) is 0 Å². The number of aryl methyl sites for hydroxylation is 3. The van der Waals surface area contributed by atoms with Gasteiger partial charge in [0.2, 0.25) is 0 Å². The van der Waals surface area contributed by atoms with E-state index in [9.17, 15) is 0 Å². The van der Waals surface area contributed by atoms with Crippen molar-refractivity contribution in [2.24, 2.45) is 0 Å². The van der Waals surface area contributed by atoms with Gasteiger partial charge >= 0.3 is 0 Å². The molecule has 5 heteroatoms. The van der Waals surface area contributed by atoms with E-state index in [-0.39, 0.29) is 6.04 Å². The highest BCUT2D eigenvalue weighted by atomic mass is 79.9. The first kappa shape index (κ1) is 20.8. The smallest absolute Gasteiger partial charge is 0.118 e. The molecule has 3 aromatic heterocycles. The molecule has 0 aliphatic carbocycles. The first-order valence-electron chi connectivity index (χ1n) is 10.8. The predicted octanol–water partition coefficient (Wildman–Crippen LogP) is 7.26. The van der Waals surface area contributed by atoms with Crippen LogP contribution >= 0.6 is 15.9 Å². The van der Waals surface area contributed by atoms with Gasteiger partial charge in [-0.1, -0.05) is 40.2 Å². The first-order valence-corrected chi connectivity index (χ1v) is 11.6. The second kappa shape index (κ2) is 7.82. The van der Waals surface area contributed by atoms with Crippen LogP contribution in [0.4, 0.5) is 0 Å². The lowest BCUT2D eigenvalue weighted by Gasteiger charge is -2.19. The Bertz CT molecular complexity index is 1440. The number of aromatic nitrogens is 3. The van der Waals surface area contributed by atoms with Crippen LogP contribution in [-0.2, 0) is 0 Å². The third-order valence-electron chi connectivity index (χ3n) is 6.54. The molecule has 0 saturated carbocycles. The number of rotatable bonds is 4. The molecule has 0 aliphatic heterocycles. The fourth-order valence-corrected chi connectivity index (χ4v) is 5.22. The van der Waals surface area contributed by atoms with Gasteiger partial charge < -0.3 is 9.30 Å². The van der Waals surface area contributed by atoms with E-state index in [1.807, 2.05) is 16.6 Å². The van der Waals surface area contributed by atoms with E-state index in [4.69, 9.17) is 9.84 Å². The van der Waals surface area contributed by atoms with Gasteiger partial charge in [-0.2, -0.15) is 5.10 Å². The molecule has 5 aromatic rings. The lowest BCUT2D eigenvalue weighted by Crippen LogP contribution is -2.10. The zero-order valence-corrected chi connectivity index (χ0v) is 20.6. The molecule has 2 aromatic carbocycles. The Hall–Kier alpha value is -3.05. The highest BCUT2D eigenvalue weighted by molar-refractivity contribution is 9.10. The van der Waals surface area contributed by atoms with Crippen molar-refractivity contribution in [2.45, 2.75) is 33.7 Å². The quantitative estimate of drug-likeness (QED) is 0.267. The summed E-state index contributed by atoms with van der Waals surface area (Å²) in [6, 6.07) is 19.2. The summed E-state index contributed by atoms with van der Waals surface area (Å²) in [6.45, 7) is 8.79. The average molecular weight is 488 g/mol. The maximum Gasteiger partial charge on any atom is 0.118 e. The van der Waals surface area contributed by atoms with Crippen molar-refractivity contribution >= 4 is 32.2 Å². The molecule has 1 unspecified atom stereocenters. The number of ether oxygens (including phenoxy) is 1. The van der Waals surface area contributed by atoms with Gasteiger partial charge in [-0.25, -0.2) is 4.52 Å².